The molecule has 0 aliphatic rings. The predicted molar refractivity (Wildman–Crippen MR) is 88.7 cm³/mol. The second-order valence-corrected chi connectivity index (χ2v) is 6.01. The first-order valence-corrected chi connectivity index (χ1v) is 7.79. The van der Waals surface area contributed by atoms with Crippen molar-refractivity contribution in [2.45, 2.75) is 46.5 Å². The molecule has 0 saturated heterocycles. The largest absolute Gasteiger partial charge is 0.481 e. The van der Waals surface area contributed by atoms with Crippen LogP contribution in [0.2, 0.25) is 0 Å². The normalized spacial score (nSPS) is 10.4. The van der Waals surface area contributed by atoms with Gasteiger partial charge in [-0.2, -0.15) is 0 Å². The molecule has 0 aliphatic carbocycles. The lowest BCUT2D eigenvalue weighted by molar-refractivity contribution is -0.138. The van der Waals surface area contributed by atoms with Gasteiger partial charge in [0.2, 0.25) is 5.91 Å². The zero-order chi connectivity index (χ0) is 17.6. The Balaban J connectivity index is 2.51. The minimum Gasteiger partial charge on any atom is -0.481 e. The fourth-order valence-electron chi connectivity index (χ4n) is 2.72. The average Bonchev–Trinajstić information content (AvgIpc) is 2.43. The highest BCUT2D eigenvalue weighted by Crippen LogP contribution is 2.19. The standard InChI is InChI=1S/C18H25NO4/c1-12-10-13(2)18(14(3)11-12)15(20)6-5-7-16(21)19(4)9-8-17(22)23/h10-11H,5-9H2,1-4H3,(H,22,23). The maximum atomic E-state index is 12.4. The van der Waals surface area contributed by atoms with Crippen LogP contribution in [0.15, 0.2) is 12.1 Å². The quantitative estimate of drug-likeness (QED) is 0.748. The Kier molecular flexibility index (Phi) is 6.94. The lowest BCUT2D eigenvalue weighted by Crippen LogP contribution is -2.28. The van der Waals surface area contributed by atoms with Crippen molar-refractivity contribution in [3.8, 4) is 0 Å². The summed E-state index contributed by atoms with van der Waals surface area (Å²) in [5.41, 5.74) is 3.82. The van der Waals surface area contributed by atoms with E-state index in [4.69, 9.17) is 5.11 Å². The van der Waals surface area contributed by atoms with Crippen molar-refractivity contribution < 1.29 is 19.5 Å². The Morgan fingerprint density at radius 3 is 2.09 bits per heavy atom. The molecule has 0 saturated carbocycles. The molecule has 0 aliphatic heterocycles. The van der Waals surface area contributed by atoms with Crippen LogP contribution >= 0.6 is 0 Å². The highest BCUT2D eigenvalue weighted by atomic mass is 16.4. The highest BCUT2D eigenvalue weighted by Gasteiger charge is 2.15. The summed E-state index contributed by atoms with van der Waals surface area (Å²) in [6.07, 6.45) is 0.986. The molecule has 1 aromatic carbocycles. The lowest BCUT2D eigenvalue weighted by Gasteiger charge is -2.16. The van der Waals surface area contributed by atoms with Crippen molar-refractivity contribution in [1.29, 1.82) is 0 Å². The van der Waals surface area contributed by atoms with Crippen LogP contribution in [0.1, 0.15) is 52.7 Å². The molecule has 0 fully saturated rings. The summed E-state index contributed by atoms with van der Waals surface area (Å²) in [6.45, 7) is 6.05. The number of Topliss-reactive ketones (excluding diaryl/α,β-unsaturated/α-hetero) is 1. The smallest absolute Gasteiger partial charge is 0.305 e. The Morgan fingerprint density at radius 1 is 1.00 bits per heavy atom. The molecule has 1 aromatic rings. The van der Waals surface area contributed by atoms with E-state index in [1.54, 1.807) is 7.05 Å². The number of hydrogen-bond donors (Lipinski definition) is 1. The molecule has 126 valence electrons. The van der Waals surface area contributed by atoms with Gasteiger partial charge in [0.05, 0.1) is 6.42 Å². The molecule has 0 spiro atoms. The maximum absolute atomic E-state index is 12.4. The van der Waals surface area contributed by atoms with Gasteiger partial charge in [-0.1, -0.05) is 17.7 Å². The molecule has 1 amide bonds. The van der Waals surface area contributed by atoms with Crippen LogP contribution < -0.4 is 0 Å². The SMILES string of the molecule is Cc1cc(C)c(C(=O)CCCC(=O)N(C)CCC(=O)O)c(C)c1. The monoisotopic (exact) mass is 319 g/mol. The molecule has 0 unspecified atom stereocenters. The molecule has 0 radical (unpaired) electrons. The third-order valence-electron chi connectivity index (χ3n) is 3.84. The summed E-state index contributed by atoms with van der Waals surface area (Å²) in [5, 5.41) is 8.61. The number of amides is 1. The Labute approximate surface area is 137 Å². The minimum atomic E-state index is -0.926. The van der Waals surface area contributed by atoms with Gasteiger partial charge in [0.25, 0.3) is 0 Å². The van der Waals surface area contributed by atoms with Gasteiger partial charge in [-0.15, -0.1) is 0 Å². The summed E-state index contributed by atoms with van der Waals surface area (Å²) in [6, 6.07) is 3.98. The summed E-state index contributed by atoms with van der Waals surface area (Å²) in [4.78, 5) is 36.1. The van der Waals surface area contributed by atoms with E-state index in [9.17, 15) is 14.4 Å². The molecule has 0 atom stereocenters. The van der Waals surface area contributed by atoms with Crippen LogP contribution in [0, 0.1) is 20.8 Å². The van der Waals surface area contributed by atoms with Crippen molar-refractivity contribution in [2.24, 2.45) is 0 Å². The fraction of sp³-hybridized carbons (Fsp3) is 0.500. The Morgan fingerprint density at radius 2 is 1.57 bits per heavy atom. The van der Waals surface area contributed by atoms with Gasteiger partial charge in [-0.05, 0) is 38.3 Å². The predicted octanol–water partition coefficient (Wildman–Crippen LogP) is 2.90. The first kappa shape index (κ1) is 18.9. The van der Waals surface area contributed by atoms with E-state index < -0.39 is 5.97 Å². The number of ketones is 1. The Bertz CT molecular complexity index is 584. The zero-order valence-electron chi connectivity index (χ0n) is 14.3. The summed E-state index contributed by atoms with van der Waals surface area (Å²) in [5.74, 6) is -0.998. The van der Waals surface area contributed by atoms with Gasteiger partial charge in [0.15, 0.2) is 5.78 Å². The van der Waals surface area contributed by atoms with Crippen molar-refractivity contribution in [2.75, 3.05) is 13.6 Å². The highest BCUT2D eigenvalue weighted by molar-refractivity contribution is 5.99. The second kappa shape index (κ2) is 8.46. The molecule has 1 rings (SSSR count). The molecule has 5 nitrogen and oxygen atoms in total. The molecule has 0 bridgehead atoms. The van der Waals surface area contributed by atoms with Crippen molar-refractivity contribution in [1.82, 2.24) is 4.90 Å². The number of benzene rings is 1. The van der Waals surface area contributed by atoms with E-state index >= 15 is 0 Å². The number of carbonyl (C=O) groups excluding carboxylic acids is 2. The van der Waals surface area contributed by atoms with Crippen LogP contribution in [0.25, 0.3) is 0 Å². The van der Waals surface area contributed by atoms with Crippen LogP contribution in [0.5, 0.6) is 0 Å². The van der Waals surface area contributed by atoms with Gasteiger partial charge in [0, 0.05) is 32.0 Å². The zero-order valence-corrected chi connectivity index (χ0v) is 14.3. The van der Waals surface area contributed by atoms with Crippen LogP contribution in [-0.2, 0) is 9.59 Å². The van der Waals surface area contributed by atoms with E-state index in [-0.39, 0.29) is 31.1 Å². The van der Waals surface area contributed by atoms with Crippen molar-refractivity contribution >= 4 is 17.7 Å². The van der Waals surface area contributed by atoms with Gasteiger partial charge >= 0.3 is 5.97 Å². The third kappa shape index (κ3) is 5.85. The average molecular weight is 319 g/mol. The van der Waals surface area contributed by atoms with Crippen molar-refractivity contribution in [3.63, 3.8) is 0 Å². The van der Waals surface area contributed by atoms with Gasteiger partial charge in [0.1, 0.15) is 0 Å². The number of aryl methyl sites for hydroxylation is 3. The number of carboxylic acids is 1. The van der Waals surface area contributed by atoms with E-state index in [1.807, 2.05) is 32.9 Å². The van der Waals surface area contributed by atoms with Gasteiger partial charge < -0.3 is 10.0 Å². The molecule has 1 N–H and O–H groups in total. The summed E-state index contributed by atoms with van der Waals surface area (Å²) >= 11 is 0. The number of hydrogen-bond acceptors (Lipinski definition) is 3. The van der Waals surface area contributed by atoms with Gasteiger partial charge in [-0.25, -0.2) is 0 Å². The minimum absolute atomic E-state index is 0.0565. The topological polar surface area (TPSA) is 74.7 Å². The molecule has 0 aromatic heterocycles. The van der Waals surface area contributed by atoms with Crippen molar-refractivity contribution in [3.05, 3.63) is 34.4 Å². The van der Waals surface area contributed by atoms with Crippen LogP contribution in [-0.4, -0.2) is 41.3 Å². The second-order valence-electron chi connectivity index (χ2n) is 6.01. The number of rotatable bonds is 8. The lowest BCUT2D eigenvalue weighted by atomic mass is 9.94. The molecule has 5 heteroatoms. The molecular weight excluding hydrogens is 294 g/mol. The van der Waals surface area contributed by atoms with E-state index in [0.29, 0.717) is 12.8 Å². The first-order chi connectivity index (χ1) is 10.7. The maximum Gasteiger partial charge on any atom is 0.305 e. The van der Waals surface area contributed by atoms with Crippen LogP contribution in [0.4, 0.5) is 0 Å². The van der Waals surface area contributed by atoms with Gasteiger partial charge in [-0.3, -0.25) is 14.4 Å². The third-order valence-corrected chi connectivity index (χ3v) is 3.84. The molecule has 0 heterocycles. The first-order valence-electron chi connectivity index (χ1n) is 7.79. The fourth-order valence-corrected chi connectivity index (χ4v) is 2.72. The molecule has 23 heavy (non-hydrogen) atoms. The molecular formula is C18H25NO4. The Hall–Kier alpha value is -2.17. The number of nitrogens with zero attached hydrogens (tertiary/aromatic N) is 1. The number of carbonyl (C=O) groups is 3. The summed E-state index contributed by atoms with van der Waals surface area (Å²) < 4.78 is 0. The van der Waals surface area contributed by atoms with E-state index in [1.165, 1.54) is 4.90 Å². The number of aliphatic carboxylic acids is 1. The van der Waals surface area contributed by atoms with Crippen LogP contribution in [0.3, 0.4) is 0 Å². The summed E-state index contributed by atoms with van der Waals surface area (Å²) in [7, 11) is 1.58. The van der Waals surface area contributed by atoms with E-state index in [0.717, 1.165) is 22.3 Å². The number of carboxylic acid groups (broad SMARTS) is 1. The van der Waals surface area contributed by atoms with E-state index in [2.05, 4.69) is 0 Å².